The van der Waals surface area contributed by atoms with E-state index in [0.717, 1.165) is 22.5 Å². The fourth-order valence-corrected chi connectivity index (χ4v) is 2.96. The number of nitrogens with one attached hydrogen (secondary N) is 1. The molecule has 0 bridgehead atoms. The molecule has 136 valence electrons. The van der Waals surface area contributed by atoms with Crippen LogP contribution in [0.1, 0.15) is 41.8 Å². The van der Waals surface area contributed by atoms with Crippen molar-refractivity contribution < 1.29 is 14.3 Å². The van der Waals surface area contributed by atoms with E-state index in [1.54, 1.807) is 11.8 Å². The smallest absolute Gasteiger partial charge is 0.328 e. The van der Waals surface area contributed by atoms with Gasteiger partial charge in [0, 0.05) is 5.56 Å². The predicted molar refractivity (Wildman–Crippen MR) is 106 cm³/mol. The van der Waals surface area contributed by atoms with Crippen LogP contribution in [0.4, 0.5) is 0 Å². The molecule has 0 saturated heterocycles. The van der Waals surface area contributed by atoms with E-state index >= 15 is 0 Å². The van der Waals surface area contributed by atoms with E-state index in [1.165, 1.54) is 7.11 Å². The number of rotatable bonds is 8. The van der Waals surface area contributed by atoms with Gasteiger partial charge in [-0.1, -0.05) is 24.3 Å². The predicted octanol–water partition coefficient (Wildman–Crippen LogP) is 4.00. The highest BCUT2D eigenvalue weighted by Gasteiger charge is 2.22. The molecule has 0 aromatic heterocycles. The second-order valence-corrected chi connectivity index (χ2v) is 6.65. The first-order valence-corrected chi connectivity index (χ1v) is 9.64. The fraction of sp³-hybridized carbons (Fsp3) is 0.400. The number of thioether (sulfide) groups is 1. The third-order valence-corrected chi connectivity index (χ3v) is 4.38. The standard InChI is InChI=1S/C20H27NO3S/c1-6-8-15(7-2)16-11-14(3)12-17(13-16)19(22)21-18(9-10-25-5)20(23)24-4/h6-8,11-13,18H,9-10H2,1-5H3,(H,21,22)/b8-6-,15-7+. The van der Waals surface area contributed by atoms with Crippen LogP contribution in [-0.2, 0) is 9.53 Å². The Balaban J connectivity index is 3.07. The highest BCUT2D eigenvalue weighted by Crippen LogP contribution is 2.20. The lowest BCUT2D eigenvalue weighted by molar-refractivity contribution is -0.142. The Labute approximate surface area is 154 Å². The van der Waals surface area contributed by atoms with E-state index in [-0.39, 0.29) is 5.91 Å². The molecule has 5 heteroatoms. The van der Waals surface area contributed by atoms with Gasteiger partial charge < -0.3 is 10.1 Å². The molecule has 25 heavy (non-hydrogen) atoms. The maximum Gasteiger partial charge on any atom is 0.328 e. The number of amides is 1. The van der Waals surface area contributed by atoms with Crippen LogP contribution in [0.15, 0.2) is 36.4 Å². The lowest BCUT2D eigenvalue weighted by Gasteiger charge is -2.17. The Bertz CT molecular complexity index is 665. The Kier molecular flexibility index (Phi) is 9.06. The third-order valence-electron chi connectivity index (χ3n) is 3.73. The van der Waals surface area contributed by atoms with E-state index < -0.39 is 12.0 Å². The van der Waals surface area contributed by atoms with Gasteiger partial charge >= 0.3 is 5.97 Å². The van der Waals surface area contributed by atoms with Crippen molar-refractivity contribution in [3.8, 4) is 0 Å². The molecule has 0 radical (unpaired) electrons. The van der Waals surface area contributed by atoms with Gasteiger partial charge in [-0.05, 0) is 68.0 Å². The summed E-state index contributed by atoms with van der Waals surface area (Å²) in [7, 11) is 1.33. The van der Waals surface area contributed by atoms with Crippen molar-refractivity contribution in [2.45, 2.75) is 33.2 Å². The third kappa shape index (κ3) is 6.42. The fourth-order valence-electron chi connectivity index (χ4n) is 2.49. The van der Waals surface area contributed by atoms with Gasteiger partial charge in [-0.3, -0.25) is 4.79 Å². The maximum absolute atomic E-state index is 12.6. The van der Waals surface area contributed by atoms with Crippen LogP contribution in [-0.4, -0.2) is 37.0 Å². The summed E-state index contributed by atoms with van der Waals surface area (Å²) in [5.74, 6) is 0.0825. The van der Waals surface area contributed by atoms with Crippen LogP contribution in [0.3, 0.4) is 0 Å². The van der Waals surface area contributed by atoms with Crippen molar-refractivity contribution in [3.63, 3.8) is 0 Å². The average molecular weight is 362 g/mol. The molecule has 1 N–H and O–H groups in total. The average Bonchev–Trinajstić information content (AvgIpc) is 2.61. The van der Waals surface area contributed by atoms with Crippen molar-refractivity contribution in [1.29, 1.82) is 0 Å². The molecule has 1 aromatic carbocycles. The number of methoxy groups -OCH3 is 1. The van der Waals surface area contributed by atoms with Crippen molar-refractivity contribution in [3.05, 3.63) is 53.1 Å². The molecule has 0 aliphatic rings. The van der Waals surface area contributed by atoms with Crippen molar-refractivity contribution in [2.75, 3.05) is 19.1 Å². The minimum Gasteiger partial charge on any atom is -0.467 e. The molecule has 0 aliphatic heterocycles. The van der Waals surface area contributed by atoms with Crippen LogP contribution in [0.2, 0.25) is 0 Å². The molecule has 1 atom stereocenters. The normalized spacial score (nSPS) is 12.9. The van der Waals surface area contributed by atoms with Gasteiger partial charge in [0.2, 0.25) is 0 Å². The largest absolute Gasteiger partial charge is 0.467 e. The lowest BCUT2D eigenvalue weighted by atomic mass is 9.99. The quantitative estimate of drug-likeness (QED) is 0.562. The zero-order valence-electron chi connectivity index (χ0n) is 15.6. The first-order chi connectivity index (χ1) is 12.0. The number of benzene rings is 1. The van der Waals surface area contributed by atoms with Gasteiger partial charge in [0.15, 0.2) is 0 Å². The highest BCUT2D eigenvalue weighted by atomic mass is 32.2. The van der Waals surface area contributed by atoms with Crippen molar-refractivity contribution in [2.24, 2.45) is 0 Å². The molecular weight excluding hydrogens is 334 g/mol. The highest BCUT2D eigenvalue weighted by molar-refractivity contribution is 7.98. The molecule has 1 amide bonds. The maximum atomic E-state index is 12.6. The minimum absolute atomic E-state index is 0.266. The number of esters is 1. The van der Waals surface area contributed by atoms with E-state index in [9.17, 15) is 9.59 Å². The SMILES string of the molecule is C/C=C\C(=C/C)c1cc(C)cc(C(=O)NC(CCSC)C(=O)OC)c1. The number of carbonyl (C=O) groups is 2. The molecule has 1 unspecified atom stereocenters. The summed E-state index contributed by atoms with van der Waals surface area (Å²) >= 11 is 1.62. The van der Waals surface area contributed by atoms with Crippen LogP contribution >= 0.6 is 11.8 Å². The van der Waals surface area contributed by atoms with E-state index in [0.29, 0.717) is 12.0 Å². The number of carbonyl (C=O) groups excluding carboxylic acids is 2. The molecule has 1 aromatic rings. The molecule has 0 aliphatic carbocycles. The zero-order chi connectivity index (χ0) is 18.8. The number of allylic oxidation sites excluding steroid dienone is 4. The zero-order valence-corrected chi connectivity index (χ0v) is 16.4. The van der Waals surface area contributed by atoms with Crippen LogP contribution in [0.25, 0.3) is 5.57 Å². The number of aryl methyl sites for hydroxylation is 1. The van der Waals surface area contributed by atoms with Gasteiger partial charge in [0.05, 0.1) is 7.11 Å². The van der Waals surface area contributed by atoms with Crippen molar-refractivity contribution >= 4 is 29.2 Å². The molecule has 1 rings (SSSR count). The molecular formula is C20H27NO3S. The van der Waals surface area contributed by atoms with E-state index in [4.69, 9.17) is 4.74 Å². The van der Waals surface area contributed by atoms with Gasteiger partial charge in [0.25, 0.3) is 5.91 Å². The minimum atomic E-state index is -0.634. The van der Waals surface area contributed by atoms with Crippen LogP contribution in [0.5, 0.6) is 0 Å². The number of hydrogen-bond acceptors (Lipinski definition) is 4. The Morgan fingerprint density at radius 2 is 1.92 bits per heavy atom. The summed E-state index contributed by atoms with van der Waals surface area (Å²) < 4.78 is 4.80. The van der Waals surface area contributed by atoms with E-state index in [1.807, 2.05) is 63.5 Å². The van der Waals surface area contributed by atoms with Crippen LogP contribution < -0.4 is 5.32 Å². The lowest BCUT2D eigenvalue weighted by Crippen LogP contribution is -2.42. The summed E-state index contributed by atoms with van der Waals surface area (Å²) in [6.07, 6.45) is 8.48. The monoisotopic (exact) mass is 361 g/mol. The summed E-state index contributed by atoms with van der Waals surface area (Å²) in [5, 5.41) is 2.80. The number of ether oxygens (including phenoxy) is 1. The summed E-state index contributed by atoms with van der Waals surface area (Å²) in [6, 6.07) is 5.08. The molecule has 0 fully saturated rings. The van der Waals surface area contributed by atoms with E-state index in [2.05, 4.69) is 5.32 Å². The Morgan fingerprint density at radius 1 is 1.24 bits per heavy atom. The van der Waals surface area contributed by atoms with Gasteiger partial charge in [0.1, 0.15) is 6.04 Å². The second-order valence-electron chi connectivity index (χ2n) is 5.66. The van der Waals surface area contributed by atoms with Gasteiger partial charge in [-0.25, -0.2) is 4.79 Å². The molecule has 4 nitrogen and oxygen atoms in total. The first-order valence-electron chi connectivity index (χ1n) is 8.25. The summed E-state index contributed by atoms with van der Waals surface area (Å²) in [6.45, 7) is 5.88. The second kappa shape index (κ2) is 10.8. The molecule has 0 spiro atoms. The first kappa shape index (κ1) is 21.0. The molecule has 0 saturated carbocycles. The Morgan fingerprint density at radius 3 is 2.48 bits per heavy atom. The van der Waals surface area contributed by atoms with Crippen molar-refractivity contribution in [1.82, 2.24) is 5.32 Å². The molecule has 0 heterocycles. The van der Waals surface area contributed by atoms with Gasteiger partial charge in [-0.2, -0.15) is 11.8 Å². The Hall–Kier alpha value is -2.01. The summed E-state index contributed by atoms with van der Waals surface area (Å²) in [5.41, 5.74) is 3.55. The number of hydrogen-bond donors (Lipinski definition) is 1. The van der Waals surface area contributed by atoms with Gasteiger partial charge in [-0.15, -0.1) is 0 Å². The summed E-state index contributed by atoms with van der Waals surface area (Å²) in [4.78, 5) is 24.5. The topological polar surface area (TPSA) is 55.4 Å². The van der Waals surface area contributed by atoms with Crippen LogP contribution in [0, 0.1) is 6.92 Å².